The van der Waals surface area contributed by atoms with Gasteiger partial charge in [0.05, 0.1) is 17.2 Å². The number of nitrogens with one attached hydrogen (secondary N) is 1. The number of hydrogen-bond acceptors (Lipinski definition) is 5. The summed E-state index contributed by atoms with van der Waals surface area (Å²) in [5.74, 6) is -1.22. The highest BCUT2D eigenvalue weighted by atomic mass is 19.4. The van der Waals surface area contributed by atoms with Gasteiger partial charge in [-0.1, -0.05) is 42.5 Å². The molecule has 0 radical (unpaired) electrons. The van der Waals surface area contributed by atoms with Crippen LogP contribution in [0.2, 0.25) is 0 Å². The molecule has 2 saturated carbocycles. The molecule has 6 rings (SSSR count). The quantitative estimate of drug-likeness (QED) is 0.249. The lowest BCUT2D eigenvalue weighted by Gasteiger charge is -2.35. The molecule has 0 spiro atoms. The Morgan fingerprint density at radius 3 is 2.42 bits per heavy atom. The Morgan fingerprint density at radius 2 is 1.75 bits per heavy atom. The standard InChI is InChI=1S/C36H37F4N5O3/c37-31-12-11-28(21-29(31)36(38,39)40)42-33(46)45(32-13-14-35(22-30(32)35)27-9-7-25(23-41)8-10-27)16-4-15-43-17-19-44(20-18-43)34(47)48-24-26-5-2-1-3-6-26/h1-3,5-12,21,30,32H,4,13-20,22,24H2,(H,42,46)/t30-,32-,35-/m1/s1. The summed E-state index contributed by atoms with van der Waals surface area (Å²) < 4.78 is 59.6. The zero-order valence-electron chi connectivity index (χ0n) is 26.4. The Hall–Kier alpha value is -4.63. The molecule has 3 amide bonds. The number of hydrogen-bond donors (Lipinski definition) is 1. The highest BCUT2D eigenvalue weighted by molar-refractivity contribution is 5.89. The number of alkyl halides is 3. The molecule has 8 nitrogen and oxygen atoms in total. The third-order valence-corrected chi connectivity index (χ3v) is 9.97. The van der Waals surface area contributed by atoms with Gasteiger partial charge in [0.1, 0.15) is 12.4 Å². The summed E-state index contributed by atoms with van der Waals surface area (Å²) in [5.41, 5.74) is 0.968. The molecule has 3 fully saturated rings. The maximum Gasteiger partial charge on any atom is 0.419 e. The van der Waals surface area contributed by atoms with Crippen molar-refractivity contribution in [2.75, 3.05) is 44.6 Å². The van der Waals surface area contributed by atoms with Gasteiger partial charge in [-0.15, -0.1) is 0 Å². The Morgan fingerprint density at radius 1 is 1.02 bits per heavy atom. The summed E-state index contributed by atoms with van der Waals surface area (Å²) in [4.78, 5) is 32.0. The number of nitrogens with zero attached hydrogens (tertiary/aromatic N) is 4. The largest absolute Gasteiger partial charge is 0.445 e. The van der Waals surface area contributed by atoms with Crippen molar-refractivity contribution in [2.24, 2.45) is 5.92 Å². The molecule has 252 valence electrons. The van der Waals surface area contributed by atoms with E-state index >= 15 is 0 Å². The highest BCUT2D eigenvalue weighted by Crippen LogP contribution is 2.65. The maximum absolute atomic E-state index is 13.9. The number of carbonyl (C=O) groups excluding carboxylic acids is 2. The van der Waals surface area contributed by atoms with Gasteiger partial charge in [-0.05, 0) is 79.6 Å². The van der Waals surface area contributed by atoms with E-state index in [4.69, 9.17) is 4.74 Å². The molecule has 1 N–H and O–H groups in total. The molecule has 0 bridgehead atoms. The van der Waals surface area contributed by atoms with E-state index in [9.17, 15) is 32.4 Å². The first kappa shape index (κ1) is 33.3. The fraction of sp³-hybridized carbons (Fsp3) is 0.417. The monoisotopic (exact) mass is 663 g/mol. The van der Waals surface area contributed by atoms with Gasteiger partial charge in [-0.25, -0.2) is 14.0 Å². The summed E-state index contributed by atoms with van der Waals surface area (Å²) in [6.07, 6.45) is -2.16. The predicted octanol–water partition coefficient (Wildman–Crippen LogP) is 7.01. The van der Waals surface area contributed by atoms with Crippen molar-refractivity contribution in [1.29, 1.82) is 5.26 Å². The second-order valence-corrected chi connectivity index (χ2v) is 12.8. The van der Waals surface area contributed by atoms with Crippen molar-refractivity contribution in [1.82, 2.24) is 14.7 Å². The molecule has 0 unspecified atom stereocenters. The van der Waals surface area contributed by atoms with Crippen LogP contribution >= 0.6 is 0 Å². The number of ether oxygens (including phenoxy) is 1. The number of halogens is 4. The summed E-state index contributed by atoms with van der Waals surface area (Å²) >= 11 is 0. The van der Waals surface area contributed by atoms with Crippen LogP contribution in [0.5, 0.6) is 0 Å². The second-order valence-electron chi connectivity index (χ2n) is 12.8. The summed E-state index contributed by atoms with van der Waals surface area (Å²) in [5, 5.41) is 11.8. The highest BCUT2D eigenvalue weighted by Gasteiger charge is 2.64. The smallest absolute Gasteiger partial charge is 0.419 e. The van der Waals surface area contributed by atoms with Crippen molar-refractivity contribution in [2.45, 2.75) is 49.9 Å². The minimum absolute atomic E-state index is 0.0953. The first-order valence-electron chi connectivity index (χ1n) is 16.2. The lowest BCUT2D eigenvalue weighted by atomic mass is 9.93. The Balaban J connectivity index is 1.08. The number of fused-ring (bicyclic) bond motifs is 1. The Kier molecular flexibility index (Phi) is 9.60. The van der Waals surface area contributed by atoms with E-state index in [1.54, 1.807) is 21.9 Å². The van der Waals surface area contributed by atoms with Crippen molar-refractivity contribution < 1.29 is 31.9 Å². The van der Waals surface area contributed by atoms with Crippen LogP contribution in [-0.2, 0) is 22.9 Å². The molecule has 1 heterocycles. The zero-order valence-corrected chi connectivity index (χ0v) is 26.4. The van der Waals surface area contributed by atoms with Crippen LogP contribution in [0.25, 0.3) is 0 Å². The molecule has 3 atom stereocenters. The van der Waals surface area contributed by atoms with Gasteiger partial charge in [-0.2, -0.15) is 18.4 Å². The molecule has 3 aromatic rings. The molecule has 1 saturated heterocycles. The molecule has 1 aliphatic heterocycles. The van der Waals surface area contributed by atoms with Crippen LogP contribution in [0.15, 0.2) is 72.8 Å². The van der Waals surface area contributed by atoms with E-state index in [2.05, 4.69) is 16.3 Å². The van der Waals surface area contributed by atoms with Crippen LogP contribution in [0.3, 0.4) is 0 Å². The van der Waals surface area contributed by atoms with E-state index in [1.807, 2.05) is 42.5 Å². The summed E-state index contributed by atoms with van der Waals surface area (Å²) in [7, 11) is 0. The van der Waals surface area contributed by atoms with Gasteiger partial charge in [0.25, 0.3) is 0 Å². The van der Waals surface area contributed by atoms with Crippen molar-refractivity contribution in [3.05, 3.63) is 101 Å². The molecule has 3 aromatic carbocycles. The number of piperazine rings is 1. The third kappa shape index (κ3) is 7.26. The van der Waals surface area contributed by atoms with Gasteiger partial charge < -0.3 is 19.9 Å². The minimum Gasteiger partial charge on any atom is -0.445 e. The van der Waals surface area contributed by atoms with Crippen LogP contribution < -0.4 is 5.32 Å². The van der Waals surface area contributed by atoms with E-state index < -0.39 is 23.6 Å². The number of carbonyl (C=O) groups is 2. The summed E-state index contributed by atoms with van der Waals surface area (Å²) in [6, 6.07) is 21.0. The van der Waals surface area contributed by atoms with Gasteiger partial charge in [0.15, 0.2) is 0 Å². The Bertz CT molecular complexity index is 1650. The SMILES string of the molecule is N#Cc1ccc([C@]23CC[C@@H](N(CCCN4CCN(C(=O)OCc5ccccc5)CC4)C(=O)Nc4ccc(F)c(C(F)(F)F)c4)[C@H]2C3)cc1. The van der Waals surface area contributed by atoms with Gasteiger partial charge >= 0.3 is 18.3 Å². The molecule has 48 heavy (non-hydrogen) atoms. The van der Waals surface area contributed by atoms with Gasteiger partial charge in [0.2, 0.25) is 0 Å². The van der Waals surface area contributed by atoms with Crippen LogP contribution in [0.4, 0.5) is 32.8 Å². The average Bonchev–Trinajstić information content (AvgIpc) is 3.72. The van der Waals surface area contributed by atoms with Crippen LogP contribution in [0.1, 0.15) is 47.9 Å². The predicted molar refractivity (Wildman–Crippen MR) is 170 cm³/mol. The van der Waals surface area contributed by atoms with Gasteiger partial charge in [0, 0.05) is 49.9 Å². The Labute approximate surface area is 276 Å². The molecule has 0 aromatic heterocycles. The molecule has 12 heteroatoms. The third-order valence-electron chi connectivity index (χ3n) is 9.97. The van der Waals surface area contributed by atoms with E-state index in [1.165, 1.54) is 0 Å². The number of nitriles is 1. The van der Waals surface area contributed by atoms with Gasteiger partial charge in [-0.3, -0.25) is 4.90 Å². The average molecular weight is 664 g/mol. The first-order chi connectivity index (χ1) is 23.1. The zero-order chi connectivity index (χ0) is 33.9. The van der Waals surface area contributed by atoms with E-state index in [0.717, 1.165) is 36.5 Å². The molecule has 2 aliphatic carbocycles. The topological polar surface area (TPSA) is 88.9 Å². The van der Waals surface area contributed by atoms with E-state index in [-0.39, 0.29) is 35.8 Å². The molecular weight excluding hydrogens is 626 g/mol. The number of rotatable bonds is 9. The summed E-state index contributed by atoms with van der Waals surface area (Å²) in [6.45, 7) is 3.59. The normalized spacial score (nSPS) is 22.0. The lowest BCUT2D eigenvalue weighted by Crippen LogP contribution is -2.49. The lowest BCUT2D eigenvalue weighted by molar-refractivity contribution is -0.139. The first-order valence-corrected chi connectivity index (χ1v) is 16.2. The van der Waals surface area contributed by atoms with Crippen molar-refractivity contribution in [3.8, 4) is 6.07 Å². The van der Waals surface area contributed by atoms with E-state index in [0.29, 0.717) is 63.4 Å². The van der Waals surface area contributed by atoms with Crippen molar-refractivity contribution >= 4 is 17.8 Å². The maximum atomic E-state index is 13.9. The molecule has 3 aliphatic rings. The number of urea groups is 1. The fourth-order valence-electron chi connectivity index (χ4n) is 7.32. The minimum atomic E-state index is -4.90. The molecular formula is C36H37F4N5O3. The number of amides is 3. The number of anilines is 1. The van der Waals surface area contributed by atoms with Crippen LogP contribution in [0, 0.1) is 23.1 Å². The van der Waals surface area contributed by atoms with Crippen molar-refractivity contribution in [3.63, 3.8) is 0 Å². The fourth-order valence-corrected chi connectivity index (χ4v) is 7.32. The van der Waals surface area contributed by atoms with Crippen LogP contribution in [-0.4, -0.2) is 72.1 Å². The number of benzene rings is 3. The second kappa shape index (κ2) is 13.8.